The molecule has 5 nitrogen and oxygen atoms in total. The molecule has 4 N–H and O–H groups in total. The molecule has 138 valence electrons. The third-order valence-corrected chi connectivity index (χ3v) is 3.91. The number of anilines is 1. The van der Waals surface area contributed by atoms with E-state index in [9.17, 15) is 9.59 Å². The van der Waals surface area contributed by atoms with E-state index >= 15 is 0 Å². The fourth-order valence-electron chi connectivity index (χ4n) is 2.72. The van der Waals surface area contributed by atoms with E-state index in [4.69, 9.17) is 5.73 Å². The minimum Gasteiger partial charge on any atom is -0.351 e. The molecule has 0 saturated carbocycles. The number of nitrogens with two attached hydrogens (primary N) is 1. The van der Waals surface area contributed by atoms with E-state index < -0.39 is 0 Å². The van der Waals surface area contributed by atoms with Gasteiger partial charge < -0.3 is 16.4 Å². The van der Waals surface area contributed by atoms with Gasteiger partial charge in [0.1, 0.15) is 0 Å². The molecule has 0 aromatic heterocycles. The van der Waals surface area contributed by atoms with Crippen LogP contribution >= 0.6 is 0 Å². The standard InChI is InChI=1S/C21H27N3O2/c1-15(2)13-16-7-9-17(10-8-16)14-20(25)24-19-6-4-3-5-18(19)21(26)23-12-11-22/h3-10,15H,11-14,22H2,1-2H3,(H,23,26)(H,24,25). The number of carbonyl (C=O) groups is 2. The summed E-state index contributed by atoms with van der Waals surface area (Å²) in [6.07, 6.45) is 1.29. The highest BCUT2D eigenvalue weighted by molar-refractivity contribution is 6.04. The molecule has 2 aromatic carbocycles. The minimum absolute atomic E-state index is 0.152. The maximum atomic E-state index is 12.4. The van der Waals surface area contributed by atoms with Crippen molar-refractivity contribution in [2.24, 2.45) is 11.7 Å². The van der Waals surface area contributed by atoms with Crippen LogP contribution in [0.2, 0.25) is 0 Å². The van der Waals surface area contributed by atoms with Gasteiger partial charge in [-0.2, -0.15) is 0 Å². The maximum absolute atomic E-state index is 12.4. The van der Waals surface area contributed by atoms with Crippen LogP contribution in [0.3, 0.4) is 0 Å². The Morgan fingerprint density at radius 3 is 2.31 bits per heavy atom. The third-order valence-electron chi connectivity index (χ3n) is 3.91. The molecular formula is C21H27N3O2. The Morgan fingerprint density at radius 2 is 1.65 bits per heavy atom. The van der Waals surface area contributed by atoms with E-state index in [1.54, 1.807) is 24.3 Å². The Kier molecular flexibility index (Phi) is 7.36. The first-order valence-electron chi connectivity index (χ1n) is 8.94. The topological polar surface area (TPSA) is 84.2 Å². The molecule has 0 aliphatic heterocycles. The fraction of sp³-hybridized carbons (Fsp3) is 0.333. The second kappa shape index (κ2) is 9.73. The lowest BCUT2D eigenvalue weighted by molar-refractivity contribution is -0.115. The normalized spacial score (nSPS) is 10.6. The number of hydrogen-bond donors (Lipinski definition) is 3. The van der Waals surface area contributed by atoms with Crippen LogP contribution in [-0.4, -0.2) is 24.9 Å². The molecule has 0 fully saturated rings. The van der Waals surface area contributed by atoms with Gasteiger partial charge >= 0.3 is 0 Å². The molecule has 0 aliphatic rings. The predicted molar refractivity (Wildman–Crippen MR) is 105 cm³/mol. The Balaban J connectivity index is 2.00. The highest BCUT2D eigenvalue weighted by Gasteiger charge is 2.13. The zero-order chi connectivity index (χ0) is 18.9. The van der Waals surface area contributed by atoms with Gasteiger partial charge in [0, 0.05) is 13.1 Å². The number of rotatable bonds is 8. The monoisotopic (exact) mass is 353 g/mol. The smallest absolute Gasteiger partial charge is 0.253 e. The zero-order valence-electron chi connectivity index (χ0n) is 15.4. The molecule has 0 unspecified atom stereocenters. The molecule has 0 saturated heterocycles. The average molecular weight is 353 g/mol. The molecule has 0 aliphatic carbocycles. The van der Waals surface area contributed by atoms with Gasteiger partial charge in [-0.25, -0.2) is 0 Å². The van der Waals surface area contributed by atoms with Crippen molar-refractivity contribution in [1.82, 2.24) is 5.32 Å². The van der Waals surface area contributed by atoms with Gasteiger partial charge in [0.2, 0.25) is 5.91 Å². The van der Waals surface area contributed by atoms with Gasteiger partial charge in [-0.1, -0.05) is 50.2 Å². The summed E-state index contributed by atoms with van der Waals surface area (Å²) in [4.78, 5) is 24.5. The molecule has 5 heteroatoms. The van der Waals surface area contributed by atoms with Crippen LogP contribution < -0.4 is 16.4 Å². The molecule has 0 spiro atoms. The molecule has 0 bridgehead atoms. The lowest BCUT2D eigenvalue weighted by Gasteiger charge is -2.11. The Morgan fingerprint density at radius 1 is 1.00 bits per heavy atom. The minimum atomic E-state index is -0.246. The van der Waals surface area contributed by atoms with Gasteiger partial charge in [-0.05, 0) is 35.6 Å². The van der Waals surface area contributed by atoms with Crippen LogP contribution in [0, 0.1) is 5.92 Å². The van der Waals surface area contributed by atoms with Crippen LogP contribution in [0.4, 0.5) is 5.69 Å². The number of para-hydroxylation sites is 1. The number of hydrogen-bond acceptors (Lipinski definition) is 3. The summed E-state index contributed by atoms with van der Waals surface area (Å²) < 4.78 is 0. The van der Waals surface area contributed by atoms with Crippen molar-refractivity contribution >= 4 is 17.5 Å². The SMILES string of the molecule is CC(C)Cc1ccc(CC(=O)Nc2ccccc2C(=O)NCCN)cc1. The summed E-state index contributed by atoms with van der Waals surface area (Å²) >= 11 is 0. The van der Waals surface area contributed by atoms with Crippen LogP contribution in [0.15, 0.2) is 48.5 Å². The molecular weight excluding hydrogens is 326 g/mol. The van der Waals surface area contributed by atoms with E-state index in [1.165, 1.54) is 5.56 Å². The average Bonchev–Trinajstić information content (AvgIpc) is 2.61. The van der Waals surface area contributed by atoms with Crippen LogP contribution in [0.5, 0.6) is 0 Å². The lowest BCUT2D eigenvalue weighted by Crippen LogP contribution is -2.30. The molecule has 26 heavy (non-hydrogen) atoms. The summed E-state index contributed by atoms with van der Waals surface area (Å²) in [7, 11) is 0. The number of benzene rings is 2. The van der Waals surface area contributed by atoms with Crippen molar-refractivity contribution in [3.05, 3.63) is 65.2 Å². The van der Waals surface area contributed by atoms with Crippen molar-refractivity contribution in [3.63, 3.8) is 0 Å². The molecule has 2 rings (SSSR count). The van der Waals surface area contributed by atoms with E-state index in [-0.39, 0.29) is 18.2 Å². The van der Waals surface area contributed by atoms with Gasteiger partial charge in [-0.3, -0.25) is 9.59 Å². The number of amides is 2. The zero-order valence-corrected chi connectivity index (χ0v) is 15.4. The highest BCUT2D eigenvalue weighted by atomic mass is 16.2. The van der Waals surface area contributed by atoms with E-state index in [0.717, 1.165) is 12.0 Å². The molecule has 0 heterocycles. The molecule has 0 atom stereocenters. The number of carbonyl (C=O) groups excluding carboxylic acids is 2. The Labute approximate surface area is 155 Å². The maximum Gasteiger partial charge on any atom is 0.253 e. The molecule has 2 aromatic rings. The summed E-state index contributed by atoms with van der Waals surface area (Å²) in [6.45, 7) is 5.13. The van der Waals surface area contributed by atoms with Crippen LogP contribution in [0.1, 0.15) is 35.3 Å². The van der Waals surface area contributed by atoms with Crippen molar-refractivity contribution < 1.29 is 9.59 Å². The molecule has 0 radical (unpaired) electrons. The first-order chi connectivity index (χ1) is 12.5. The largest absolute Gasteiger partial charge is 0.351 e. The van der Waals surface area contributed by atoms with Crippen molar-refractivity contribution in [2.75, 3.05) is 18.4 Å². The first kappa shape index (κ1) is 19.7. The number of nitrogens with one attached hydrogen (secondary N) is 2. The van der Waals surface area contributed by atoms with Gasteiger partial charge in [0.25, 0.3) is 5.91 Å². The van der Waals surface area contributed by atoms with Gasteiger partial charge in [0.15, 0.2) is 0 Å². The summed E-state index contributed by atoms with van der Waals surface area (Å²) in [5.41, 5.74) is 8.56. The van der Waals surface area contributed by atoms with Crippen molar-refractivity contribution in [3.8, 4) is 0 Å². The van der Waals surface area contributed by atoms with E-state index in [0.29, 0.717) is 30.3 Å². The second-order valence-electron chi connectivity index (χ2n) is 6.73. The Bertz CT molecular complexity index is 739. The molecule has 2 amide bonds. The third kappa shape index (κ3) is 6.01. The summed E-state index contributed by atoms with van der Waals surface area (Å²) in [5, 5.41) is 5.55. The quantitative estimate of drug-likeness (QED) is 0.682. The summed E-state index contributed by atoms with van der Waals surface area (Å²) in [6, 6.07) is 15.1. The van der Waals surface area contributed by atoms with Gasteiger partial charge in [-0.15, -0.1) is 0 Å². The van der Waals surface area contributed by atoms with E-state index in [1.807, 2.05) is 12.1 Å². The summed E-state index contributed by atoms with van der Waals surface area (Å²) in [5.74, 6) is 0.205. The highest BCUT2D eigenvalue weighted by Crippen LogP contribution is 2.16. The van der Waals surface area contributed by atoms with E-state index in [2.05, 4.69) is 36.6 Å². The van der Waals surface area contributed by atoms with Crippen LogP contribution in [-0.2, 0) is 17.6 Å². The van der Waals surface area contributed by atoms with Gasteiger partial charge in [0.05, 0.1) is 17.7 Å². The predicted octanol–water partition coefficient (Wildman–Crippen LogP) is 2.75. The fourth-order valence-corrected chi connectivity index (χ4v) is 2.72. The second-order valence-corrected chi connectivity index (χ2v) is 6.73. The van der Waals surface area contributed by atoms with Crippen molar-refractivity contribution in [1.29, 1.82) is 0 Å². The van der Waals surface area contributed by atoms with Crippen LogP contribution in [0.25, 0.3) is 0 Å². The van der Waals surface area contributed by atoms with Crippen molar-refractivity contribution in [2.45, 2.75) is 26.7 Å². The lowest BCUT2D eigenvalue weighted by atomic mass is 10.0. The Hall–Kier alpha value is -2.66. The first-order valence-corrected chi connectivity index (χ1v) is 8.94.